The van der Waals surface area contributed by atoms with Crippen LogP contribution < -0.4 is 10.1 Å². The number of nitrogens with one attached hydrogen (secondary N) is 1. The first-order chi connectivity index (χ1) is 6.69. The molecule has 3 heteroatoms. The van der Waals surface area contributed by atoms with Gasteiger partial charge in [-0.2, -0.15) is 0 Å². The van der Waals surface area contributed by atoms with Crippen LogP contribution in [-0.4, -0.2) is 18.8 Å². The van der Waals surface area contributed by atoms with Crippen molar-refractivity contribution >= 4 is 0 Å². The van der Waals surface area contributed by atoms with Gasteiger partial charge in [-0.25, -0.2) is 0 Å². The molecule has 0 bridgehead atoms. The Morgan fingerprint density at radius 2 is 2.21 bits per heavy atom. The quantitative estimate of drug-likeness (QED) is 0.772. The summed E-state index contributed by atoms with van der Waals surface area (Å²) in [5.41, 5.74) is 1.11. The molecule has 14 heavy (non-hydrogen) atoms. The summed E-state index contributed by atoms with van der Waals surface area (Å²) in [7, 11) is 1.55. The van der Waals surface area contributed by atoms with Crippen molar-refractivity contribution in [3.8, 4) is 11.5 Å². The van der Waals surface area contributed by atoms with Crippen molar-refractivity contribution < 1.29 is 9.84 Å². The van der Waals surface area contributed by atoms with Gasteiger partial charge in [-0.15, -0.1) is 0 Å². The molecule has 0 aliphatic heterocycles. The maximum Gasteiger partial charge on any atom is 0.160 e. The lowest BCUT2D eigenvalue weighted by Crippen LogP contribution is -2.17. The summed E-state index contributed by atoms with van der Waals surface area (Å²) in [4.78, 5) is 0. The predicted octanol–water partition coefficient (Wildman–Crippen LogP) is 2.07. The molecule has 1 atom stereocenters. The topological polar surface area (TPSA) is 41.5 Å². The standard InChI is InChI=1S/C11H17NO2/c1-4-12-8(2)9-5-6-10(13)11(7-9)14-3/h5-8,12-13H,4H2,1-3H3/t8-/m1/s1. The van der Waals surface area contributed by atoms with E-state index in [-0.39, 0.29) is 11.8 Å². The van der Waals surface area contributed by atoms with Gasteiger partial charge in [0.2, 0.25) is 0 Å². The van der Waals surface area contributed by atoms with Crippen LogP contribution in [0.3, 0.4) is 0 Å². The van der Waals surface area contributed by atoms with E-state index >= 15 is 0 Å². The summed E-state index contributed by atoms with van der Waals surface area (Å²) in [5, 5.41) is 12.7. The molecule has 0 saturated heterocycles. The van der Waals surface area contributed by atoms with Crippen molar-refractivity contribution in [1.29, 1.82) is 0 Å². The Kier molecular flexibility index (Phi) is 3.77. The zero-order valence-electron chi connectivity index (χ0n) is 8.87. The highest BCUT2D eigenvalue weighted by Crippen LogP contribution is 2.28. The predicted molar refractivity (Wildman–Crippen MR) is 56.8 cm³/mol. The Morgan fingerprint density at radius 1 is 1.50 bits per heavy atom. The Morgan fingerprint density at radius 3 is 2.79 bits per heavy atom. The molecule has 1 rings (SSSR count). The number of methoxy groups -OCH3 is 1. The van der Waals surface area contributed by atoms with Gasteiger partial charge in [0.15, 0.2) is 11.5 Å². The number of hydrogen-bond acceptors (Lipinski definition) is 3. The number of hydrogen-bond donors (Lipinski definition) is 2. The first-order valence-electron chi connectivity index (χ1n) is 4.79. The van der Waals surface area contributed by atoms with Crippen molar-refractivity contribution in [2.75, 3.05) is 13.7 Å². The first-order valence-corrected chi connectivity index (χ1v) is 4.79. The number of ether oxygens (including phenoxy) is 1. The van der Waals surface area contributed by atoms with E-state index in [9.17, 15) is 5.11 Å². The van der Waals surface area contributed by atoms with E-state index in [1.54, 1.807) is 13.2 Å². The maximum absolute atomic E-state index is 9.40. The minimum atomic E-state index is 0.181. The molecule has 0 aliphatic carbocycles. The molecule has 3 nitrogen and oxygen atoms in total. The Hall–Kier alpha value is -1.22. The van der Waals surface area contributed by atoms with Gasteiger partial charge in [-0.05, 0) is 31.2 Å². The smallest absolute Gasteiger partial charge is 0.160 e. The highest BCUT2D eigenvalue weighted by atomic mass is 16.5. The number of rotatable bonds is 4. The molecule has 0 aliphatic rings. The number of phenols is 1. The molecule has 0 radical (unpaired) electrons. The fourth-order valence-corrected chi connectivity index (χ4v) is 1.39. The maximum atomic E-state index is 9.40. The van der Waals surface area contributed by atoms with Crippen molar-refractivity contribution in [1.82, 2.24) is 5.32 Å². The van der Waals surface area contributed by atoms with Crippen molar-refractivity contribution in [2.24, 2.45) is 0 Å². The molecule has 78 valence electrons. The van der Waals surface area contributed by atoms with Gasteiger partial charge >= 0.3 is 0 Å². The molecular formula is C11H17NO2. The van der Waals surface area contributed by atoms with Crippen LogP contribution in [0.4, 0.5) is 0 Å². The monoisotopic (exact) mass is 195 g/mol. The van der Waals surface area contributed by atoms with E-state index in [1.165, 1.54) is 0 Å². The van der Waals surface area contributed by atoms with E-state index in [4.69, 9.17) is 4.74 Å². The lowest BCUT2D eigenvalue weighted by Gasteiger charge is -2.14. The first kappa shape index (κ1) is 10.9. The molecule has 0 spiro atoms. The van der Waals surface area contributed by atoms with Crippen LogP contribution in [0.5, 0.6) is 11.5 Å². The average molecular weight is 195 g/mol. The van der Waals surface area contributed by atoms with Gasteiger partial charge in [0.05, 0.1) is 7.11 Å². The third kappa shape index (κ3) is 2.39. The normalized spacial score (nSPS) is 12.5. The van der Waals surface area contributed by atoms with Crippen LogP contribution in [0.1, 0.15) is 25.5 Å². The molecule has 1 aromatic rings. The van der Waals surface area contributed by atoms with Gasteiger partial charge < -0.3 is 15.2 Å². The summed E-state index contributed by atoms with van der Waals surface area (Å²) in [6.45, 7) is 5.06. The van der Waals surface area contributed by atoms with Crippen molar-refractivity contribution in [3.63, 3.8) is 0 Å². The molecule has 0 fully saturated rings. The van der Waals surface area contributed by atoms with E-state index in [0.29, 0.717) is 5.75 Å². The third-order valence-electron chi connectivity index (χ3n) is 2.21. The van der Waals surface area contributed by atoms with Crippen LogP contribution >= 0.6 is 0 Å². The van der Waals surface area contributed by atoms with Crippen molar-refractivity contribution in [3.05, 3.63) is 23.8 Å². The Labute approximate surface area is 84.7 Å². The highest BCUT2D eigenvalue weighted by molar-refractivity contribution is 5.42. The SMILES string of the molecule is CCN[C@H](C)c1ccc(O)c(OC)c1. The van der Waals surface area contributed by atoms with Crippen molar-refractivity contribution in [2.45, 2.75) is 19.9 Å². The summed E-state index contributed by atoms with van der Waals surface area (Å²) >= 11 is 0. The zero-order valence-corrected chi connectivity index (χ0v) is 8.87. The molecule has 0 heterocycles. The molecule has 0 amide bonds. The summed E-state index contributed by atoms with van der Waals surface area (Å²) in [5.74, 6) is 0.701. The van der Waals surface area contributed by atoms with Gasteiger partial charge in [0.1, 0.15) is 0 Å². The van der Waals surface area contributed by atoms with Crippen LogP contribution in [0.2, 0.25) is 0 Å². The van der Waals surface area contributed by atoms with Gasteiger partial charge in [0, 0.05) is 6.04 Å². The Bertz CT molecular complexity index is 299. The molecule has 2 N–H and O–H groups in total. The minimum Gasteiger partial charge on any atom is -0.504 e. The van der Waals surface area contributed by atoms with Gasteiger partial charge in [0.25, 0.3) is 0 Å². The van der Waals surface area contributed by atoms with Crippen LogP contribution in [0.15, 0.2) is 18.2 Å². The summed E-state index contributed by atoms with van der Waals surface area (Å²) in [6, 6.07) is 5.67. The molecule has 0 saturated carbocycles. The molecular weight excluding hydrogens is 178 g/mol. The minimum absolute atomic E-state index is 0.181. The second-order valence-electron chi connectivity index (χ2n) is 3.21. The third-order valence-corrected chi connectivity index (χ3v) is 2.21. The molecule has 0 aromatic heterocycles. The average Bonchev–Trinajstić information content (AvgIpc) is 2.19. The Balaban J connectivity index is 2.88. The molecule has 0 unspecified atom stereocenters. The van der Waals surface area contributed by atoms with Gasteiger partial charge in [-0.3, -0.25) is 0 Å². The molecule has 1 aromatic carbocycles. The van der Waals surface area contributed by atoms with Crippen LogP contribution in [0, 0.1) is 0 Å². The number of aromatic hydroxyl groups is 1. The van der Waals surface area contributed by atoms with Gasteiger partial charge in [-0.1, -0.05) is 13.0 Å². The lowest BCUT2D eigenvalue weighted by molar-refractivity contribution is 0.372. The number of benzene rings is 1. The summed E-state index contributed by atoms with van der Waals surface area (Å²) < 4.78 is 5.04. The van der Waals surface area contributed by atoms with Crippen LogP contribution in [0.25, 0.3) is 0 Å². The largest absolute Gasteiger partial charge is 0.504 e. The lowest BCUT2D eigenvalue weighted by atomic mass is 10.1. The van der Waals surface area contributed by atoms with E-state index in [0.717, 1.165) is 12.1 Å². The fraction of sp³-hybridized carbons (Fsp3) is 0.455. The number of phenolic OH excluding ortho intramolecular Hbond substituents is 1. The zero-order chi connectivity index (χ0) is 10.6. The van der Waals surface area contributed by atoms with E-state index in [2.05, 4.69) is 19.2 Å². The summed E-state index contributed by atoms with van der Waals surface area (Å²) in [6.07, 6.45) is 0. The second kappa shape index (κ2) is 4.86. The van der Waals surface area contributed by atoms with Crippen LogP contribution in [-0.2, 0) is 0 Å². The highest BCUT2D eigenvalue weighted by Gasteiger charge is 2.07. The second-order valence-corrected chi connectivity index (χ2v) is 3.21. The van der Waals surface area contributed by atoms with E-state index in [1.807, 2.05) is 12.1 Å². The van der Waals surface area contributed by atoms with E-state index < -0.39 is 0 Å². The fourth-order valence-electron chi connectivity index (χ4n) is 1.39.